The van der Waals surface area contributed by atoms with Crippen molar-refractivity contribution in [2.24, 2.45) is 7.05 Å². The number of rotatable bonds is 5. The maximum atomic E-state index is 15.3. The van der Waals surface area contributed by atoms with Crippen LogP contribution in [0.2, 0.25) is 0 Å². The lowest BCUT2D eigenvalue weighted by Gasteiger charge is -2.32. The number of hydrogen-bond donors (Lipinski definition) is 1. The number of amides is 2. The van der Waals surface area contributed by atoms with E-state index in [1.165, 1.54) is 4.57 Å². The van der Waals surface area contributed by atoms with Crippen LogP contribution in [0.1, 0.15) is 29.1 Å². The first kappa shape index (κ1) is 31.7. The number of benzene rings is 2. The molecule has 0 bridgehead atoms. The lowest BCUT2D eigenvalue weighted by molar-refractivity contribution is 0.164. The molecule has 224 valence electrons. The third kappa shape index (κ3) is 6.57. The van der Waals surface area contributed by atoms with Gasteiger partial charge in [-0.05, 0) is 36.9 Å². The molecule has 1 N–H and O–H groups in total. The number of nitrogens with zero attached hydrogens (tertiary/aromatic N) is 5. The maximum absolute atomic E-state index is 15.3. The van der Waals surface area contributed by atoms with Crippen molar-refractivity contribution >= 4 is 33.7 Å². The number of halogens is 2. The lowest BCUT2D eigenvalue weighted by atomic mass is 10.0. The zero-order chi connectivity index (χ0) is 30.3. The fourth-order valence-electron chi connectivity index (χ4n) is 4.76. The molecule has 1 aliphatic rings. The SMILES string of the molecule is CC.CC.COCCn1c(=O)n(C)c2cnc3ccc(-c4c(F)cc(NC(=O)N5CCN(C)CC5)cc4F)cc3c21.[HH]. The number of carbonyl (C=O) groups excluding carboxylic acids is 1. The summed E-state index contributed by atoms with van der Waals surface area (Å²) in [6, 6.07) is 6.74. The molecule has 4 aromatic rings. The number of aromatic nitrogens is 3. The number of pyridine rings is 1. The zero-order valence-electron chi connectivity index (χ0n) is 24.9. The van der Waals surface area contributed by atoms with Gasteiger partial charge in [-0.25, -0.2) is 18.4 Å². The van der Waals surface area contributed by atoms with E-state index in [2.05, 4.69) is 15.2 Å². The number of fused-ring (bicyclic) bond motifs is 3. The number of carbonyl (C=O) groups is 1. The quantitative estimate of drug-likeness (QED) is 0.339. The summed E-state index contributed by atoms with van der Waals surface area (Å²) < 4.78 is 38.8. The van der Waals surface area contributed by atoms with E-state index < -0.39 is 17.7 Å². The second kappa shape index (κ2) is 14.2. The van der Waals surface area contributed by atoms with Gasteiger partial charge in [-0.2, -0.15) is 0 Å². The fraction of sp³-hybridized carbons (Fsp3) is 0.433. The Morgan fingerprint density at radius 1 is 1.02 bits per heavy atom. The summed E-state index contributed by atoms with van der Waals surface area (Å²) in [6.07, 6.45) is 1.61. The summed E-state index contributed by atoms with van der Waals surface area (Å²) in [6.45, 7) is 11.2. The molecule has 1 saturated heterocycles. The van der Waals surface area contributed by atoms with E-state index >= 15 is 8.78 Å². The minimum Gasteiger partial charge on any atom is -0.383 e. The van der Waals surface area contributed by atoms with Crippen molar-refractivity contribution in [1.82, 2.24) is 23.9 Å². The van der Waals surface area contributed by atoms with Gasteiger partial charge in [0.05, 0.1) is 41.5 Å². The van der Waals surface area contributed by atoms with Crippen LogP contribution in [-0.2, 0) is 18.3 Å². The molecule has 0 aliphatic carbocycles. The summed E-state index contributed by atoms with van der Waals surface area (Å²) in [5.74, 6) is -1.61. The van der Waals surface area contributed by atoms with Crippen molar-refractivity contribution in [3.63, 3.8) is 0 Å². The first-order valence-corrected chi connectivity index (χ1v) is 14.0. The number of urea groups is 1. The van der Waals surface area contributed by atoms with Crippen molar-refractivity contribution in [3.8, 4) is 11.1 Å². The highest BCUT2D eigenvalue weighted by Gasteiger charge is 2.21. The number of anilines is 1. The van der Waals surface area contributed by atoms with E-state index in [9.17, 15) is 9.59 Å². The van der Waals surface area contributed by atoms with E-state index in [1.807, 2.05) is 34.7 Å². The third-order valence-electron chi connectivity index (χ3n) is 6.86. The smallest absolute Gasteiger partial charge is 0.328 e. The monoisotopic (exact) mass is 572 g/mol. The standard InChI is InChI=1S/C26H28F2N6O3.2C2H6.H2/c1-31-6-8-33(9-7-31)25(35)30-17-13-19(27)23(20(28)14-17)16-4-5-21-18(12-16)24-22(15-29-21)32(2)26(36)34(24)10-11-37-3;2*1-2;/h4-5,12-15H,6-11H2,1-3H3,(H,30,35);2*1-2H3;1H. The van der Waals surface area contributed by atoms with Crippen LogP contribution in [0.3, 0.4) is 0 Å². The Hall–Kier alpha value is -3.83. The molecule has 0 radical (unpaired) electrons. The van der Waals surface area contributed by atoms with Gasteiger partial charge >= 0.3 is 11.7 Å². The van der Waals surface area contributed by atoms with Gasteiger partial charge in [-0.1, -0.05) is 33.8 Å². The van der Waals surface area contributed by atoms with Crippen molar-refractivity contribution in [2.75, 3.05) is 52.3 Å². The van der Waals surface area contributed by atoms with Crippen LogP contribution in [0.4, 0.5) is 19.3 Å². The molecule has 2 aromatic carbocycles. The van der Waals surface area contributed by atoms with E-state index in [-0.39, 0.29) is 18.4 Å². The summed E-state index contributed by atoms with van der Waals surface area (Å²) in [5.41, 5.74) is 1.70. The van der Waals surface area contributed by atoms with E-state index in [4.69, 9.17) is 4.74 Å². The number of likely N-dealkylation sites (N-methyl/N-ethyl adjacent to an activating group) is 1. The fourth-order valence-corrected chi connectivity index (χ4v) is 4.76. The van der Waals surface area contributed by atoms with Gasteiger partial charge in [0.2, 0.25) is 0 Å². The molecule has 5 rings (SSSR count). The summed E-state index contributed by atoms with van der Waals surface area (Å²) in [5, 5.41) is 3.20. The first-order chi connectivity index (χ1) is 19.8. The van der Waals surface area contributed by atoms with Crippen molar-refractivity contribution in [1.29, 1.82) is 0 Å². The van der Waals surface area contributed by atoms with Crippen LogP contribution in [0, 0.1) is 11.6 Å². The Balaban J connectivity index is 0.00000118. The predicted molar refractivity (Wildman–Crippen MR) is 163 cm³/mol. The highest BCUT2D eigenvalue weighted by atomic mass is 19.1. The number of imidazole rings is 1. The predicted octanol–water partition coefficient (Wildman–Crippen LogP) is 5.56. The average Bonchev–Trinajstić information content (AvgIpc) is 3.23. The lowest BCUT2D eigenvalue weighted by Crippen LogP contribution is -2.48. The molecule has 41 heavy (non-hydrogen) atoms. The summed E-state index contributed by atoms with van der Waals surface area (Å²) in [7, 11) is 5.18. The number of methoxy groups -OCH3 is 1. The minimum absolute atomic E-state index is 0. The van der Waals surface area contributed by atoms with Gasteiger partial charge in [-0.3, -0.25) is 14.1 Å². The van der Waals surface area contributed by atoms with Gasteiger partial charge in [0, 0.05) is 52.8 Å². The minimum atomic E-state index is -0.807. The second-order valence-corrected chi connectivity index (χ2v) is 9.25. The van der Waals surface area contributed by atoms with Gasteiger partial charge in [0.25, 0.3) is 0 Å². The van der Waals surface area contributed by atoms with Gasteiger partial charge < -0.3 is 19.9 Å². The van der Waals surface area contributed by atoms with Crippen molar-refractivity contribution < 1.29 is 19.7 Å². The molecule has 0 saturated carbocycles. The van der Waals surface area contributed by atoms with Gasteiger partial charge in [0.1, 0.15) is 11.6 Å². The van der Waals surface area contributed by atoms with Crippen LogP contribution in [0.5, 0.6) is 0 Å². The first-order valence-electron chi connectivity index (χ1n) is 14.0. The molecule has 0 atom stereocenters. The zero-order valence-corrected chi connectivity index (χ0v) is 24.9. The molecule has 11 heteroatoms. The molecule has 2 amide bonds. The summed E-state index contributed by atoms with van der Waals surface area (Å²) >= 11 is 0. The number of nitrogens with one attached hydrogen (secondary N) is 1. The molecule has 9 nitrogen and oxygen atoms in total. The largest absolute Gasteiger partial charge is 0.383 e. The molecule has 3 heterocycles. The Morgan fingerprint density at radius 2 is 1.66 bits per heavy atom. The molecule has 1 fully saturated rings. The van der Waals surface area contributed by atoms with Crippen LogP contribution in [0.25, 0.3) is 33.1 Å². The van der Waals surface area contributed by atoms with Crippen LogP contribution < -0.4 is 11.0 Å². The van der Waals surface area contributed by atoms with Gasteiger partial charge in [0.15, 0.2) is 0 Å². The normalized spacial score (nSPS) is 13.4. The molecule has 1 aliphatic heterocycles. The van der Waals surface area contributed by atoms with Crippen LogP contribution in [0.15, 0.2) is 41.3 Å². The highest BCUT2D eigenvalue weighted by molar-refractivity contribution is 6.04. The van der Waals surface area contributed by atoms with E-state index in [0.717, 1.165) is 25.2 Å². The second-order valence-electron chi connectivity index (χ2n) is 9.25. The van der Waals surface area contributed by atoms with Crippen molar-refractivity contribution in [3.05, 3.63) is 58.6 Å². The molecular weight excluding hydrogens is 530 g/mol. The summed E-state index contributed by atoms with van der Waals surface area (Å²) in [4.78, 5) is 33.6. The van der Waals surface area contributed by atoms with E-state index in [1.54, 1.807) is 48.0 Å². The number of piperazine rings is 1. The molecular formula is C30H42F2N6O3. The topological polar surface area (TPSA) is 84.6 Å². The van der Waals surface area contributed by atoms with Crippen LogP contribution >= 0.6 is 0 Å². The number of ether oxygens (including phenoxy) is 1. The maximum Gasteiger partial charge on any atom is 0.328 e. The highest BCUT2D eigenvalue weighted by Crippen LogP contribution is 2.33. The molecule has 0 spiro atoms. The molecule has 2 aromatic heterocycles. The average molecular weight is 573 g/mol. The number of hydrogen-bond acceptors (Lipinski definition) is 5. The Morgan fingerprint density at radius 3 is 2.27 bits per heavy atom. The van der Waals surface area contributed by atoms with E-state index in [0.29, 0.717) is 53.7 Å². The van der Waals surface area contributed by atoms with Crippen molar-refractivity contribution in [2.45, 2.75) is 34.2 Å². The third-order valence-corrected chi connectivity index (χ3v) is 6.86. The van der Waals surface area contributed by atoms with Crippen LogP contribution in [-0.4, -0.2) is 76.9 Å². The molecule has 0 unspecified atom stereocenters. The van der Waals surface area contributed by atoms with Gasteiger partial charge in [-0.15, -0.1) is 0 Å². The Bertz CT molecular complexity index is 1540. The number of aryl methyl sites for hydroxylation is 1. The Kier molecular flexibility index (Phi) is 11.0. The Labute approximate surface area is 240 Å².